The van der Waals surface area contributed by atoms with E-state index in [2.05, 4.69) is 21.2 Å². The Bertz CT molecular complexity index is 971. The van der Waals surface area contributed by atoms with Gasteiger partial charge in [0.2, 0.25) is 5.91 Å². The average Bonchev–Trinajstić information content (AvgIpc) is 2.88. The number of thioether (sulfide) groups is 1. The first-order chi connectivity index (χ1) is 12.8. The smallest absolute Gasteiger partial charge is 0.294 e. The Morgan fingerprint density at radius 3 is 2.59 bits per heavy atom. The van der Waals surface area contributed by atoms with Gasteiger partial charge in [0.25, 0.3) is 11.1 Å². The summed E-state index contributed by atoms with van der Waals surface area (Å²) in [7, 11) is 0. The van der Waals surface area contributed by atoms with Gasteiger partial charge in [0.15, 0.2) is 0 Å². The molecule has 0 unspecified atom stereocenters. The van der Waals surface area contributed by atoms with E-state index in [4.69, 9.17) is 0 Å². The van der Waals surface area contributed by atoms with Gasteiger partial charge < -0.3 is 5.32 Å². The second-order valence-corrected chi connectivity index (χ2v) is 7.98. The Balaban J connectivity index is 1.71. The van der Waals surface area contributed by atoms with Crippen LogP contribution in [0, 0.1) is 13.8 Å². The molecule has 0 saturated carbocycles. The van der Waals surface area contributed by atoms with Crippen LogP contribution in [0.4, 0.5) is 10.5 Å². The highest BCUT2D eigenvalue weighted by Crippen LogP contribution is 2.33. The highest BCUT2D eigenvalue weighted by Gasteiger charge is 2.36. The second kappa shape index (κ2) is 8.10. The lowest BCUT2D eigenvalue weighted by atomic mass is 10.1. The number of halogens is 1. The third-order valence-electron chi connectivity index (χ3n) is 4.16. The summed E-state index contributed by atoms with van der Waals surface area (Å²) in [6.45, 7) is 3.62. The molecule has 1 aliphatic heterocycles. The Labute approximate surface area is 169 Å². The molecule has 27 heavy (non-hydrogen) atoms. The summed E-state index contributed by atoms with van der Waals surface area (Å²) >= 11 is 4.25. The summed E-state index contributed by atoms with van der Waals surface area (Å²) in [6.07, 6.45) is 1.65. The van der Waals surface area contributed by atoms with E-state index >= 15 is 0 Å². The molecule has 5 nitrogen and oxygen atoms in total. The quantitative estimate of drug-likeness (QED) is 0.691. The lowest BCUT2D eigenvalue weighted by Gasteiger charge is -2.13. The lowest BCUT2D eigenvalue weighted by molar-refractivity contribution is -0.127. The summed E-state index contributed by atoms with van der Waals surface area (Å²) in [5, 5.41) is 2.28. The standard InChI is InChI=1S/C20H17BrN2O3S/c1-12-7-8-15(9-13(12)2)22-18(24)11-23-19(25)17(27-20(23)26)10-14-5-3-4-6-16(14)21/h3-10H,11H2,1-2H3,(H,22,24). The molecule has 1 heterocycles. The molecule has 2 aromatic rings. The van der Waals surface area contributed by atoms with Gasteiger partial charge in [-0.05, 0) is 66.6 Å². The van der Waals surface area contributed by atoms with Crippen molar-refractivity contribution in [2.24, 2.45) is 0 Å². The predicted molar refractivity (Wildman–Crippen MR) is 111 cm³/mol. The molecule has 0 radical (unpaired) electrons. The summed E-state index contributed by atoms with van der Waals surface area (Å²) in [4.78, 5) is 38.3. The number of anilines is 1. The van der Waals surface area contributed by atoms with Crippen LogP contribution in [0.15, 0.2) is 51.8 Å². The zero-order valence-corrected chi connectivity index (χ0v) is 17.2. The van der Waals surface area contributed by atoms with Crippen molar-refractivity contribution in [3.8, 4) is 0 Å². The molecule has 1 N–H and O–H groups in total. The predicted octanol–water partition coefficient (Wildman–Crippen LogP) is 4.74. The number of nitrogens with zero attached hydrogens (tertiary/aromatic N) is 1. The van der Waals surface area contributed by atoms with E-state index in [1.807, 2.05) is 50.2 Å². The van der Waals surface area contributed by atoms with Gasteiger partial charge in [0.05, 0.1) is 4.91 Å². The first-order valence-electron chi connectivity index (χ1n) is 8.22. The number of benzene rings is 2. The van der Waals surface area contributed by atoms with Crippen LogP contribution in [-0.4, -0.2) is 28.5 Å². The Kier molecular flexibility index (Phi) is 5.82. The van der Waals surface area contributed by atoms with Crippen LogP contribution in [0.1, 0.15) is 16.7 Å². The minimum Gasteiger partial charge on any atom is -0.325 e. The number of aryl methyl sites for hydroxylation is 2. The van der Waals surface area contributed by atoms with E-state index < -0.39 is 17.1 Å². The van der Waals surface area contributed by atoms with Crippen LogP contribution >= 0.6 is 27.7 Å². The normalized spacial score (nSPS) is 15.5. The van der Waals surface area contributed by atoms with Gasteiger partial charge in [-0.25, -0.2) is 0 Å². The average molecular weight is 445 g/mol. The zero-order valence-electron chi connectivity index (χ0n) is 14.8. The first kappa shape index (κ1) is 19.4. The molecule has 0 bridgehead atoms. The fraction of sp³-hybridized carbons (Fsp3) is 0.150. The third-order valence-corrected chi connectivity index (χ3v) is 5.79. The number of hydrogen-bond donors (Lipinski definition) is 1. The summed E-state index contributed by atoms with van der Waals surface area (Å²) in [5.74, 6) is -0.876. The Morgan fingerprint density at radius 2 is 1.89 bits per heavy atom. The third kappa shape index (κ3) is 4.48. The van der Waals surface area contributed by atoms with E-state index in [1.54, 1.807) is 12.1 Å². The maximum Gasteiger partial charge on any atom is 0.294 e. The van der Waals surface area contributed by atoms with Crippen molar-refractivity contribution in [3.63, 3.8) is 0 Å². The fourth-order valence-corrected chi connectivity index (χ4v) is 3.76. The van der Waals surface area contributed by atoms with Crippen molar-refractivity contribution in [2.75, 3.05) is 11.9 Å². The van der Waals surface area contributed by atoms with Gasteiger partial charge >= 0.3 is 0 Å². The molecule has 1 saturated heterocycles. The Hall–Kier alpha value is -2.38. The first-order valence-corrected chi connectivity index (χ1v) is 9.83. The van der Waals surface area contributed by atoms with Crippen molar-refractivity contribution < 1.29 is 14.4 Å². The summed E-state index contributed by atoms with van der Waals surface area (Å²) < 4.78 is 0.823. The zero-order chi connectivity index (χ0) is 19.6. The SMILES string of the molecule is Cc1ccc(NC(=O)CN2C(=O)SC(=Cc3ccccc3Br)C2=O)cc1C. The second-order valence-electron chi connectivity index (χ2n) is 6.14. The summed E-state index contributed by atoms with van der Waals surface area (Å²) in [5.41, 5.74) is 3.60. The maximum absolute atomic E-state index is 12.5. The van der Waals surface area contributed by atoms with Gasteiger partial charge in [-0.1, -0.05) is 40.2 Å². The number of nitrogens with one attached hydrogen (secondary N) is 1. The van der Waals surface area contributed by atoms with Crippen LogP contribution in [0.2, 0.25) is 0 Å². The van der Waals surface area contributed by atoms with Gasteiger partial charge in [0, 0.05) is 10.2 Å². The van der Waals surface area contributed by atoms with Gasteiger partial charge in [0.1, 0.15) is 6.54 Å². The van der Waals surface area contributed by atoms with Crippen molar-refractivity contribution in [1.82, 2.24) is 4.90 Å². The van der Waals surface area contributed by atoms with E-state index in [0.29, 0.717) is 10.6 Å². The van der Waals surface area contributed by atoms with E-state index in [9.17, 15) is 14.4 Å². The number of carbonyl (C=O) groups is 3. The number of imide groups is 1. The molecule has 7 heteroatoms. The molecule has 0 atom stereocenters. The van der Waals surface area contributed by atoms with E-state index in [-0.39, 0.29) is 6.54 Å². The van der Waals surface area contributed by atoms with Crippen molar-refractivity contribution >= 4 is 56.5 Å². The van der Waals surface area contributed by atoms with Crippen molar-refractivity contribution in [1.29, 1.82) is 0 Å². The monoisotopic (exact) mass is 444 g/mol. The minimum atomic E-state index is -0.462. The molecular formula is C20H17BrN2O3S. The van der Waals surface area contributed by atoms with Crippen LogP contribution in [0.25, 0.3) is 6.08 Å². The van der Waals surface area contributed by atoms with Crippen LogP contribution in [0.3, 0.4) is 0 Å². The Morgan fingerprint density at radius 1 is 1.15 bits per heavy atom. The minimum absolute atomic E-state index is 0.297. The molecule has 3 amide bonds. The van der Waals surface area contributed by atoms with Gasteiger partial charge in [-0.2, -0.15) is 0 Å². The van der Waals surface area contributed by atoms with Crippen molar-refractivity contribution in [2.45, 2.75) is 13.8 Å². The van der Waals surface area contributed by atoms with Crippen LogP contribution < -0.4 is 5.32 Å². The molecule has 2 aromatic carbocycles. The van der Waals surface area contributed by atoms with E-state index in [1.165, 1.54) is 0 Å². The lowest BCUT2D eigenvalue weighted by Crippen LogP contribution is -2.36. The molecule has 1 aliphatic rings. The number of hydrogen-bond acceptors (Lipinski definition) is 4. The topological polar surface area (TPSA) is 66.5 Å². The molecule has 138 valence electrons. The van der Waals surface area contributed by atoms with E-state index in [0.717, 1.165) is 37.8 Å². The highest BCUT2D eigenvalue weighted by molar-refractivity contribution is 9.10. The number of carbonyl (C=O) groups excluding carboxylic acids is 3. The molecule has 0 aliphatic carbocycles. The molecule has 3 rings (SSSR count). The highest BCUT2D eigenvalue weighted by atomic mass is 79.9. The summed E-state index contributed by atoms with van der Waals surface area (Å²) in [6, 6.07) is 13.0. The molecule has 1 fully saturated rings. The van der Waals surface area contributed by atoms with Crippen LogP contribution in [0.5, 0.6) is 0 Å². The van der Waals surface area contributed by atoms with Crippen LogP contribution in [-0.2, 0) is 9.59 Å². The fourth-order valence-electron chi connectivity index (χ4n) is 2.53. The molecule has 0 spiro atoms. The molecular weight excluding hydrogens is 428 g/mol. The maximum atomic E-state index is 12.5. The largest absolute Gasteiger partial charge is 0.325 e. The molecule has 0 aromatic heterocycles. The number of rotatable bonds is 4. The van der Waals surface area contributed by atoms with Gasteiger partial charge in [-0.3, -0.25) is 19.3 Å². The number of amides is 3. The van der Waals surface area contributed by atoms with Gasteiger partial charge in [-0.15, -0.1) is 0 Å². The van der Waals surface area contributed by atoms with Crippen molar-refractivity contribution in [3.05, 3.63) is 68.5 Å².